The molecule has 2 heterocycles. The van der Waals surface area contributed by atoms with Crippen LogP contribution in [0, 0.1) is 0 Å². The molecule has 3 heteroatoms. The van der Waals surface area contributed by atoms with Gasteiger partial charge in [-0.3, -0.25) is 9.88 Å². The zero-order chi connectivity index (χ0) is 10.7. The SMILES string of the molecule is CCCN1CC[C@@H](N)[C@@H]1c1ccncc1. The molecule has 1 fully saturated rings. The number of nitrogens with two attached hydrogens (primary N) is 1. The molecule has 2 N–H and O–H groups in total. The number of likely N-dealkylation sites (tertiary alicyclic amines) is 1. The molecular weight excluding hydrogens is 186 g/mol. The Morgan fingerprint density at radius 1 is 1.47 bits per heavy atom. The summed E-state index contributed by atoms with van der Waals surface area (Å²) in [4.78, 5) is 6.54. The fourth-order valence-corrected chi connectivity index (χ4v) is 2.44. The molecule has 1 saturated heterocycles. The lowest BCUT2D eigenvalue weighted by atomic mass is 10.0. The Hall–Kier alpha value is -0.930. The Morgan fingerprint density at radius 2 is 2.20 bits per heavy atom. The lowest BCUT2D eigenvalue weighted by molar-refractivity contribution is 0.248. The second-order valence-electron chi connectivity index (χ2n) is 4.21. The topological polar surface area (TPSA) is 42.1 Å². The minimum absolute atomic E-state index is 0.277. The van der Waals surface area contributed by atoms with Crippen LogP contribution in [-0.2, 0) is 0 Å². The van der Waals surface area contributed by atoms with E-state index in [2.05, 4.69) is 28.9 Å². The fourth-order valence-electron chi connectivity index (χ4n) is 2.44. The summed E-state index contributed by atoms with van der Waals surface area (Å²) in [5.41, 5.74) is 7.48. The summed E-state index contributed by atoms with van der Waals surface area (Å²) >= 11 is 0. The third-order valence-corrected chi connectivity index (χ3v) is 3.11. The van der Waals surface area contributed by atoms with Crippen LogP contribution in [0.1, 0.15) is 31.4 Å². The van der Waals surface area contributed by atoms with Crippen molar-refractivity contribution in [3.63, 3.8) is 0 Å². The molecule has 2 atom stereocenters. The maximum Gasteiger partial charge on any atom is 0.0500 e. The summed E-state index contributed by atoms with van der Waals surface area (Å²) in [5, 5.41) is 0. The molecule has 0 radical (unpaired) electrons. The highest BCUT2D eigenvalue weighted by Crippen LogP contribution is 2.30. The van der Waals surface area contributed by atoms with Crippen LogP contribution < -0.4 is 5.73 Å². The molecular formula is C12H19N3. The van der Waals surface area contributed by atoms with Crippen molar-refractivity contribution in [3.8, 4) is 0 Å². The largest absolute Gasteiger partial charge is 0.326 e. The number of aromatic nitrogens is 1. The van der Waals surface area contributed by atoms with E-state index in [0.29, 0.717) is 6.04 Å². The van der Waals surface area contributed by atoms with Crippen molar-refractivity contribution in [2.75, 3.05) is 13.1 Å². The van der Waals surface area contributed by atoms with Crippen molar-refractivity contribution in [3.05, 3.63) is 30.1 Å². The second kappa shape index (κ2) is 4.73. The van der Waals surface area contributed by atoms with E-state index in [1.807, 2.05) is 12.4 Å². The molecule has 82 valence electrons. The highest BCUT2D eigenvalue weighted by atomic mass is 15.2. The van der Waals surface area contributed by atoms with Gasteiger partial charge in [0.05, 0.1) is 6.04 Å². The van der Waals surface area contributed by atoms with Crippen molar-refractivity contribution < 1.29 is 0 Å². The average Bonchev–Trinajstić information content (AvgIpc) is 2.62. The van der Waals surface area contributed by atoms with Crippen LogP contribution in [0.25, 0.3) is 0 Å². The van der Waals surface area contributed by atoms with Gasteiger partial charge in [-0.1, -0.05) is 6.92 Å². The number of rotatable bonds is 3. The molecule has 1 aromatic rings. The fraction of sp³-hybridized carbons (Fsp3) is 0.583. The Balaban J connectivity index is 2.17. The maximum atomic E-state index is 6.17. The highest BCUT2D eigenvalue weighted by Gasteiger charge is 2.31. The standard InChI is InChI=1S/C12H19N3/c1-2-8-15-9-5-11(13)12(15)10-3-6-14-7-4-10/h3-4,6-7,11-12H,2,5,8-9,13H2,1H3/t11-,12+/m1/s1. The molecule has 1 aliphatic heterocycles. The molecule has 0 saturated carbocycles. The minimum atomic E-state index is 0.277. The van der Waals surface area contributed by atoms with Crippen LogP contribution in [0.5, 0.6) is 0 Å². The lowest BCUT2D eigenvalue weighted by Gasteiger charge is -2.26. The monoisotopic (exact) mass is 205 g/mol. The van der Waals surface area contributed by atoms with Gasteiger partial charge in [0.25, 0.3) is 0 Å². The number of hydrogen-bond acceptors (Lipinski definition) is 3. The van der Waals surface area contributed by atoms with Crippen molar-refractivity contribution in [1.82, 2.24) is 9.88 Å². The van der Waals surface area contributed by atoms with Crippen LogP contribution in [0.3, 0.4) is 0 Å². The van der Waals surface area contributed by atoms with Crippen LogP contribution >= 0.6 is 0 Å². The first-order chi connectivity index (χ1) is 7.33. The molecule has 1 aliphatic rings. The van der Waals surface area contributed by atoms with Gasteiger partial charge in [-0.05, 0) is 37.1 Å². The molecule has 0 amide bonds. The molecule has 15 heavy (non-hydrogen) atoms. The van der Waals surface area contributed by atoms with Gasteiger partial charge < -0.3 is 5.73 Å². The zero-order valence-electron chi connectivity index (χ0n) is 9.26. The van der Waals surface area contributed by atoms with E-state index >= 15 is 0 Å². The number of hydrogen-bond donors (Lipinski definition) is 1. The van der Waals surface area contributed by atoms with E-state index in [4.69, 9.17) is 5.73 Å². The van der Waals surface area contributed by atoms with Gasteiger partial charge >= 0.3 is 0 Å². The van der Waals surface area contributed by atoms with E-state index in [0.717, 1.165) is 19.5 Å². The molecule has 1 aromatic heterocycles. The van der Waals surface area contributed by atoms with Crippen molar-refractivity contribution in [2.45, 2.75) is 31.8 Å². The van der Waals surface area contributed by atoms with Crippen molar-refractivity contribution >= 4 is 0 Å². The predicted molar refractivity (Wildman–Crippen MR) is 61.4 cm³/mol. The van der Waals surface area contributed by atoms with E-state index in [-0.39, 0.29) is 6.04 Å². The molecule has 0 bridgehead atoms. The molecule has 3 nitrogen and oxygen atoms in total. The van der Waals surface area contributed by atoms with Crippen molar-refractivity contribution in [1.29, 1.82) is 0 Å². The summed E-state index contributed by atoms with van der Waals surface area (Å²) in [6, 6.07) is 4.84. The molecule has 0 aromatic carbocycles. The van der Waals surface area contributed by atoms with Crippen molar-refractivity contribution in [2.24, 2.45) is 5.73 Å². The van der Waals surface area contributed by atoms with Gasteiger partial charge in [0.15, 0.2) is 0 Å². The van der Waals surface area contributed by atoms with Gasteiger partial charge in [-0.25, -0.2) is 0 Å². The Kier molecular flexibility index (Phi) is 3.34. The Labute approximate surface area is 91.3 Å². The summed E-state index contributed by atoms with van der Waals surface area (Å²) in [7, 11) is 0. The van der Waals surface area contributed by atoms with Crippen LogP contribution in [0.2, 0.25) is 0 Å². The van der Waals surface area contributed by atoms with Gasteiger partial charge in [0.1, 0.15) is 0 Å². The summed E-state index contributed by atoms with van der Waals surface area (Å²) < 4.78 is 0. The smallest absolute Gasteiger partial charge is 0.0500 e. The van der Waals surface area contributed by atoms with Gasteiger partial charge in [0, 0.05) is 25.0 Å². The molecule has 0 aliphatic carbocycles. The summed E-state index contributed by atoms with van der Waals surface area (Å²) in [6.07, 6.45) is 6.00. The maximum absolute atomic E-state index is 6.17. The first kappa shape index (κ1) is 10.6. The first-order valence-corrected chi connectivity index (χ1v) is 5.72. The van der Waals surface area contributed by atoms with Gasteiger partial charge in [-0.2, -0.15) is 0 Å². The van der Waals surface area contributed by atoms with Crippen LogP contribution in [-0.4, -0.2) is 29.0 Å². The second-order valence-corrected chi connectivity index (χ2v) is 4.21. The van der Waals surface area contributed by atoms with Gasteiger partial charge in [0.2, 0.25) is 0 Å². The van der Waals surface area contributed by atoms with E-state index < -0.39 is 0 Å². The summed E-state index contributed by atoms with van der Waals surface area (Å²) in [6.45, 7) is 4.48. The van der Waals surface area contributed by atoms with Crippen LogP contribution in [0.4, 0.5) is 0 Å². The predicted octanol–water partition coefficient (Wildman–Crippen LogP) is 1.57. The lowest BCUT2D eigenvalue weighted by Crippen LogP contribution is -2.32. The summed E-state index contributed by atoms with van der Waals surface area (Å²) in [5.74, 6) is 0. The highest BCUT2D eigenvalue weighted by molar-refractivity contribution is 5.19. The average molecular weight is 205 g/mol. The minimum Gasteiger partial charge on any atom is -0.326 e. The van der Waals surface area contributed by atoms with Gasteiger partial charge in [-0.15, -0.1) is 0 Å². The third kappa shape index (κ3) is 2.19. The number of nitrogens with zero attached hydrogens (tertiary/aromatic N) is 2. The zero-order valence-corrected chi connectivity index (χ0v) is 9.26. The van der Waals surface area contributed by atoms with Crippen LogP contribution in [0.15, 0.2) is 24.5 Å². The molecule has 0 spiro atoms. The first-order valence-electron chi connectivity index (χ1n) is 5.72. The van der Waals surface area contributed by atoms with E-state index in [1.54, 1.807) is 0 Å². The normalized spacial score (nSPS) is 27.1. The van der Waals surface area contributed by atoms with E-state index in [9.17, 15) is 0 Å². The third-order valence-electron chi connectivity index (χ3n) is 3.11. The quantitative estimate of drug-likeness (QED) is 0.814. The Morgan fingerprint density at radius 3 is 2.87 bits per heavy atom. The molecule has 0 unspecified atom stereocenters. The number of pyridine rings is 1. The molecule has 2 rings (SSSR count). The van der Waals surface area contributed by atoms with E-state index in [1.165, 1.54) is 12.0 Å². The Bertz CT molecular complexity index is 297.